The van der Waals surface area contributed by atoms with Crippen LogP contribution in [0.3, 0.4) is 0 Å². The molecule has 0 bridgehead atoms. The fourth-order valence-electron chi connectivity index (χ4n) is 3.99. The van der Waals surface area contributed by atoms with Crippen LogP contribution in [0.4, 0.5) is 22.2 Å². The first kappa shape index (κ1) is 29.2. The highest BCUT2D eigenvalue weighted by atomic mass is 16.5. The number of benzene rings is 2. The third-order valence-electron chi connectivity index (χ3n) is 6.32. The summed E-state index contributed by atoms with van der Waals surface area (Å²) in [6, 6.07) is 13.7. The molecule has 39 heavy (non-hydrogen) atoms. The quantitative estimate of drug-likeness (QED) is 0.329. The van der Waals surface area contributed by atoms with Gasteiger partial charge in [-0.25, -0.2) is 9.78 Å². The Kier molecular flexibility index (Phi) is 10.4. The van der Waals surface area contributed by atoms with Crippen molar-refractivity contribution in [3.63, 3.8) is 0 Å². The van der Waals surface area contributed by atoms with Gasteiger partial charge in [-0.2, -0.15) is 4.98 Å². The summed E-state index contributed by atoms with van der Waals surface area (Å²) in [5.41, 5.74) is 1.74. The maximum atomic E-state index is 13.0. The Morgan fingerprint density at radius 1 is 1.00 bits per heavy atom. The molecule has 0 saturated heterocycles. The van der Waals surface area contributed by atoms with E-state index in [2.05, 4.69) is 34.0 Å². The van der Waals surface area contributed by atoms with Crippen molar-refractivity contribution < 1.29 is 24.2 Å². The van der Waals surface area contributed by atoms with Gasteiger partial charge in [-0.1, -0.05) is 19.9 Å². The van der Waals surface area contributed by atoms with Gasteiger partial charge in [0, 0.05) is 43.1 Å². The Balaban J connectivity index is 1.77. The number of nitrogens with zero attached hydrogens (tertiary/aromatic N) is 5. The van der Waals surface area contributed by atoms with E-state index in [1.807, 2.05) is 0 Å². The Labute approximate surface area is 229 Å². The van der Waals surface area contributed by atoms with Gasteiger partial charge in [-0.3, -0.25) is 9.69 Å². The molecule has 0 aliphatic rings. The van der Waals surface area contributed by atoms with E-state index in [1.54, 1.807) is 54.4 Å². The number of methoxy groups -OCH3 is 2. The molecule has 0 spiro atoms. The lowest BCUT2D eigenvalue weighted by Crippen LogP contribution is -2.36. The molecule has 1 aromatic heterocycles. The SMILES string of the molecule is CCN(CC)CCN(C)C(=O)c1cccc(Nc2nccc(N(Cc3cc(OC)ccc3OC)C(=O)O)n2)c1. The summed E-state index contributed by atoms with van der Waals surface area (Å²) in [6.07, 6.45) is 0.282. The van der Waals surface area contributed by atoms with Gasteiger partial charge in [0.1, 0.15) is 17.3 Å². The number of aromatic nitrogens is 2. The molecule has 2 amide bonds. The number of anilines is 3. The van der Waals surface area contributed by atoms with Gasteiger partial charge in [0.15, 0.2) is 0 Å². The number of nitrogens with one attached hydrogen (secondary N) is 1. The molecule has 0 aliphatic heterocycles. The van der Waals surface area contributed by atoms with Crippen molar-refractivity contribution in [2.24, 2.45) is 0 Å². The van der Waals surface area contributed by atoms with Gasteiger partial charge in [0.25, 0.3) is 5.91 Å². The van der Waals surface area contributed by atoms with Crippen LogP contribution in [0, 0.1) is 0 Å². The van der Waals surface area contributed by atoms with Crippen molar-refractivity contribution in [1.82, 2.24) is 19.8 Å². The lowest BCUT2D eigenvalue weighted by Gasteiger charge is -2.23. The van der Waals surface area contributed by atoms with E-state index in [9.17, 15) is 14.7 Å². The summed E-state index contributed by atoms with van der Waals surface area (Å²) in [4.78, 5) is 38.9. The van der Waals surface area contributed by atoms with E-state index in [1.165, 1.54) is 26.5 Å². The van der Waals surface area contributed by atoms with Crippen molar-refractivity contribution in [1.29, 1.82) is 0 Å². The zero-order chi connectivity index (χ0) is 28.4. The molecule has 3 rings (SSSR count). The molecule has 2 aromatic carbocycles. The van der Waals surface area contributed by atoms with E-state index in [4.69, 9.17) is 9.47 Å². The summed E-state index contributed by atoms with van der Waals surface area (Å²) in [6.45, 7) is 7.47. The second-order valence-corrected chi connectivity index (χ2v) is 8.74. The highest BCUT2D eigenvalue weighted by Gasteiger charge is 2.20. The molecule has 208 valence electrons. The number of hydrogen-bond donors (Lipinski definition) is 2. The molecular formula is C28H36N6O5. The molecule has 0 saturated carbocycles. The third kappa shape index (κ3) is 7.81. The fraction of sp³-hybridized carbons (Fsp3) is 0.357. The van der Waals surface area contributed by atoms with Crippen LogP contribution in [0.2, 0.25) is 0 Å². The normalized spacial score (nSPS) is 10.7. The third-order valence-corrected chi connectivity index (χ3v) is 6.32. The summed E-state index contributed by atoms with van der Waals surface area (Å²) in [5, 5.41) is 13.0. The van der Waals surface area contributed by atoms with Crippen molar-refractivity contribution in [3.8, 4) is 11.5 Å². The maximum absolute atomic E-state index is 13.0. The maximum Gasteiger partial charge on any atom is 0.413 e. The minimum Gasteiger partial charge on any atom is -0.497 e. The summed E-state index contributed by atoms with van der Waals surface area (Å²) in [7, 11) is 4.84. The van der Waals surface area contributed by atoms with Gasteiger partial charge in [0.05, 0.1) is 20.8 Å². The lowest BCUT2D eigenvalue weighted by atomic mass is 10.1. The number of likely N-dealkylation sites (N-methyl/N-ethyl adjacent to an activating group) is 2. The largest absolute Gasteiger partial charge is 0.497 e. The average molecular weight is 537 g/mol. The van der Waals surface area contributed by atoms with Crippen LogP contribution in [-0.4, -0.2) is 84.3 Å². The van der Waals surface area contributed by atoms with Gasteiger partial charge in [-0.05, 0) is 55.6 Å². The molecule has 0 unspecified atom stereocenters. The minimum absolute atomic E-state index is 0.0179. The van der Waals surface area contributed by atoms with E-state index >= 15 is 0 Å². The topological polar surface area (TPSA) is 120 Å². The number of ether oxygens (including phenoxy) is 2. The smallest absolute Gasteiger partial charge is 0.413 e. The second kappa shape index (κ2) is 14.0. The van der Waals surface area contributed by atoms with Crippen LogP contribution in [-0.2, 0) is 6.54 Å². The van der Waals surface area contributed by atoms with E-state index in [-0.39, 0.29) is 24.2 Å². The zero-order valence-electron chi connectivity index (χ0n) is 23.0. The molecule has 11 heteroatoms. The Bertz CT molecular complexity index is 1270. The van der Waals surface area contributed by atoms with Crippen LogP contribution in [0.5, 0.6) is 11.5 Å². The highest BCUT2D eigenvalue weighted by Crippen LogP contribution is 2.27. The first-order chi connectivity index (χ1) is 18.8. The Hall–Kier alpha value is -4.38. The Morgan fingerprint density at radius 3 is 2.44 bits per heavy atom. The Morgan fingerprint density at radius 2 is 1.77 bits per heavy atom. The number of amides is 2. The van der Waals surface area contributed by atoms with E-state index < -0.39 is 6.09 Å². The van der Waals surface area contributed by atoms with Crippen LogP contribution in [0.25, 0.3) is 0 Å². The van der Waals surface area contributed by atoms with Gasteiger partial charge >= 0.3 is 6.09 Å². The summed E-state index contributed by atoms with van der Waals surface area (Å²) >= 11 is 0. The molecular weight excluding hydrogens is 500 g/mol. The second-order valence-electron chi connectivity index (χ2n) is 8.74. The van der Waals surface area contributed by atoms with Crippen molar-refractivity contribution in [2.75, 3.05) is 57.7 Å². The molecule has 2 N–H and O–H groups in total. The highest BCUT2D eigenvalue weighted by molar-refractivity contribution is 5.95. The van der Waals surface area contributed by atoms with Crippen LogP contribution < -0.4 is 19.7 Å². The fourth-order valence-corrected chi connectivity index (χ4v) is 3.99. The number of rotatable bonds is 13. The predicted molar refractivity (Wildman–Crippen MR) is 150 cm³/mol. The lowest BCUT2D eigenvalue weighted by molar-refractivity contribution is 0.0779. The zero-order valence-corrected chi connectivity index (χ0v) is 23.0. The van der Waals surface area contributed by atoms with Gasteiger partial charge in [0.2, 0.25) is 5.95 Å². The molecule has 0 radical (unpaired) electrons. The molecule has 0 atom stereocenters. The monoisotopic (exact) mass is 536 g/mol. The van der Waals surface area contributed by atoms with E-state index in [0.717, 1.165) is 24.5 Å². The van der Waals surface area contributed by atoms with Gasteiger partial charge < -0.3 is 29.7 Å². The average Bonchev–Trinajstić information content (AvgIpc) is 2.95. The van der Waals surface area contributed by atoms with Crippen molar-refractivity contribution in [3.05, 3.63) is 65.9 Å². The van der Waals surface area contributed by atoms with Crippen LogP contribution in [0.1, 0.15) is 29.8 Å². The first-order valence-corrected chi connectivity index (χ1v) is 12.7. The molecule has 1 heterocycles. The number of carbonyl (C=O) groups is 2. The molecule has 3 aromatic rings. The molecule has 0 fully saturated rings. The van der Waals surface area contributed by atoms with Crippen LogP contribution >= 0.6 is 0 Å². The molecule has 0 aliphatic carbocycles. The standard InChI is InChI=1S/C28H36N6O5/c1-6-33(7-2)16-15-32(3)26(35)20-9-8-10-22(17-20)30-27-29-14-13-25(31-27)34(28(36)37)19-21-18-23(38-4)11-12-24(21)39-5/h8-14,17-18H,6-7,15-16,19H2,1-5H3,(H,36,37)(H,29,30,31). The number of carbonyl (C=O) groups excluding carboxylic acids is 1. The van der Waals surface area contributed by atoms with Crippen LogP contribution in [0.15, 0.2) is 54.7 Å². The van der Waals surface area contributed by atoms with Crippen molar-refractivity contribution >= 4 is 29.5 Å². The molecule has 11 nitrogen and oxygen atoms in total. The summed E-state index contributed by atoms with van der Waals surface area (Å²) < 4.78 is 10.7. The van der Waals surface area contributed by atoms with Gasteiger partial charge in [-0.15, -0.1) is 0 Å². The van der Waals surface area contributed by atoms with E-state index in [0.29, 0.717) is 34.9 Å². The first-order valence-electron chi connectivity index (χ1n) is 12.7. The minimum atomic E-state index is -1.19. The number of hydrogen-bond acceptors (Lipinski definition) is 8. The number of carboxylic acid groups (broad SMARTS) is 1. The summed E-state index contributed by atoms with van der Waals surface area (Å²) in [5.74, 6) is 1.38. The van der Waals surface area contributed by atoms with Crippen molar-refractivity contribution in [2.45, 2.75) is 20.4 Å². The predicted octanol–water partition coefficient (Wildman–Crippen LogP) is 4.34.